The van der Waals surface area contributed by atoms with Crippen LogP contribution in [0.25, 0.3) is 10.9 Å². The third-order valence-electron chi connectivity index (χ3n) is 4.78. The number of fused-ring (bicyclic) bond motifs is 1. The molecule has 3 rings (SSSR count). The minimum absolute atomic E-state index is 0.0448. The monoisotopic (exact) mass is 408 g/mol. The number of allylic oxidation sites excluding steroid dienone is 3. The van der Waals surface area contributed by atoms with Crippen molar-refractivity contribution in [2.75, 3.05) is 20.3 Å². The van der Waals surface area contributed by atoms with E-state index in [0.717, 1.165) is 16.5 Å². The Kier molecular flexibility index (Phi) is 6.85. The van der Waals surface area contributed by atoms with Crippen molar-refractivity contribution < 1.29 is 23.9 Å². The standard InChI is InChI=1S/C23H24N2O5/c1-17(26)30-14-13-24-11-9-19(20(16-24)7-8-23(28)29-2)15-22(27)25-12-10-18-5-3-4-6-21(18)25/h3-12,16,19H,13-15H2,1-2H3/b8-7+. The van der Waals surface area contributed by atoms with E-state index in [0.29, 0.717) is 6.54 Å². The van der Waals surface area contributed by atoms with E-state index in [1.54, 1.807) is 16.8 Å². The van der Waals surface area contributed by atoms with Crippen molar-refractivity contribution >= 4 is 28.7 Å². The van der Waals surface area contributed by atoms with Gasteiger partial charge in [0.05, 0.1) is 19.2 Å². The molecule has 7 nitrogen and oxygen atoms in total. The first-order chi connectivity index (χ1) is 14.5. The van der Waals surface area contributed by atoms with Gasteiger partial charge in [0.2, 0.25) is 5.91 Å². The molecule has 2 heterocycles. The summed E-state index contributed by atoms with van der Waals surface area (Å²) in [5.74, 6) is -1.06. The molecule has 1 unspecified atom stereocenters. The van der Waals surface area contributed by atoms with Crippen LogP contribution in [-0.2, 0) is 19.1 Å². The lowest BCUT2D eigenvalue weighted by atomic mass is 9.93. The number of aromatic nitrogens is 1. The summed E-state index contributed by atoms with van der Waals surface area (Å²) >= 11 is 0. The predicted molar refractivity (Wildman–Crippen MR) is 112 cm³/mol. The second-order valence-electron chi connectivity index (χ2n) is 6.85. The summed E-state index contributed by atoms with van der Waals surface area (Å²) in [7, 11) is 1.31. The summed E-state index contributed by atoms with van der Waals surface area (Å²) in [6.45, 7) is 2.07. The first-order valence-corrected chi connectivity index (χ1v) is 9.62. The fourth-order valence-corrected chi connectivity index (χ4v) is 3.26. The zero-order valence-corrected chi connectivity index (χ0v) is 17.0. The van der Waals surface area contributed by atoms with E-state index >= 15 is 0 Å². The van der Waals surface area contributed by atoms with Gasteiger partial charge in [0.15, 0.2) is 0 Å². The molecule has 0 N–H and O–H groups in total. The fraction of sp³-hybridized carbons (Fsp3) is 0.261. The maximum atomic E-state index is 13.0. The minimum atomic E-state index is -0.474. The van der Waals surface area contributed by atoms with Gasteiger partial charge in [0.1, 0.15) is 6.61 Å². The van der Waals surface area contributed by atoms with Crippen LogP contribution in [0.4, 0.5) is 0 Å². The van der Waals surface area contributed by atoms with E-state index in [9.17, 15) is 14.4 Å². The van der Waals surface area contributed by atoms with Gasteiger partial charge < -0.3 is 14.4 Å². The predicted octanol–water partition coefficient (Wildman–Crippen LogP) is 3.29. The number of ether oxygens (including phenoxy) is 2. The molecule has 1 atom stereocenters. The molecular weight excluding hydrogens is 384 g/mol. The number of carbonyl (C=O) groups is 3. The second kappa shape index (κ2) is 9.73. The molecule has 156 valence electrons. The molecule has 0 saturated heterocycles. The molecule has 0 fully saturated rings. The van der Waals surface area contributed by atoms with Crippen molar-refractivity contribution in [1.82, 2.24) is 9.47 Å². The van der Waals surface area contributed by atoms with Gasteiger partial charge >= 0.3 is 11.9 Å². The molecule has 2 aromatic rings. The smallest absolute Gasteiger partial charge is 0.330 e. The number of esters is 2. The summed E-state index contributed by atoms with van der Waals surface area (Å²) in [5, 5.41) is 1.00. The third kappa shape index (κ3) is 5.26. The number of nitrogens with zero attached hydrogens (tertiary/aromatic N) is 2. The minimum Gasteiger partial charge on any atom is -0.466 e. The average molecular weight is 408 g/mol. The Morgan fingerprint density at radius 2 is 1.97 bits per heavy atom. The van der Waals surface area contributed by atoms with E-state index in [1.807, 2.05) is 53.7 Å². The summed E-state index contributed by atoms with van der Waals surface area (Å²) < 4.78 is 11.3. The van der Waals surface area contributed by atoms with Crippen molar-refractivity contribution in [1.29, 1.82) is 0 Å². The molecule has 1 aromatic carbocycles. The van der Waals surface area contributed by atoms with Gasteiger partial charge in [-0.3, -0.25) is 14.2 Å². The van der Waals surface area contributed by atoms with Crippen LogP contribution in [0.5, 0.6) is 0 Å². The van der Waals surface area contributed by atoms with E-state index in [4.69, 9.17) is 4.74 Å². The summed E-state index contributed by atoms with van der Waals surface area (Å²) in [6, 6.07) is 9.62. The zero-order valence-electron chi connectivity index (χ0n) is 17.0. The van der Waals surface area contributed by atoms with Crippen molar-refractivity contribution in [2.24, 2.45) is 5.92 Å². The SMILES string of the molecule is COC(=O)/C=C/C1=CN(CCOC(C)=O)C=CC1CC(=O)n1ccc2ccccc21. The van der Waals surface area contributed by atoms with Gasteiger partial charge in [-0.15, -0.1) is 0 Å². The Morgan fingerprint density at radius 3 is 2.73 bits per heavy atom. The highest BCUT2D eigenvalue weighted by molar-refractivity contribution is 5.92. The summed E-state index contributed by atoms with van der Waals surface area (Å²) in [5.41, 5.74) is 1.65. The van der Waals surface area contributed by atoms with E-state index < -0.39 is 5.97 Å². The average Bonchev–Trinajstić information content (AvgIpc) is 3.17. The van der Waals surface area contributed by atoms with Gasteiger partial charge in [0.25, 0.3) is 0 Å². The highest BCUT2D eigenvalue weighted by Gasteiger charge is 2.20. The van der Waals surface area contributed by atoms with Crippen LogP contribution in [0.1, 0.15) is 18.1 Å². The molecule has 1 aromatic heterocycles. The van der Waals surface area contributed by atoms with Crippen LogP contribution in [0.2, 0.25) is 0 Å². The number of methoxy groups -OCH3 is 1. The van der Waals surface area contributed by atoms with Crippen LogP contribution in [0.15, 0.2) is 72.7 Å². The molecule has 0 amide bonds. The fourth-order valence-electron chi connectivity index (χ4n) is 3.26. The Bertz CT molecular complexity index is 1030. The molecule has 1 aliphatic rings. The van der Waals surface area contributed by atoms with E-state index in [-0.39, 0.29) is 30.8 Å². The van der Waals surface area contributed by atoms with Crippen LogP contribution < -0.4 is 0 Å². The molecule has 1 aliphatic heterocycles. The summed E-state index contributed by atoms with van der Waals surface area (Å²) in [4.78, 5) is 37.3. The Balaban J connectivity index is 1.76. The number of hydrogen-bond acceptors (Lipinski definition) is 6. The lowest BCUT2D eigenvalue weighted by molar-refractivity contribution is -0.141. The zero-order chi connectivity index (χ0) is 21.5. The van der Waals surface area contributed by atoms with Gasteiger partial charge in [-0.1, -0.05) is 24.3 Å². The number of hydrogen-bond donors (Lipinski definition) is 0. The van der Waals surface area contributed by atoms with Gasteiger partial charge in [-0.2, -0.15) is 0 Å². The van der Waals surface area contributed by atoms with Crippen molar-refractivity contribution in [3.63, 3.8) is 0 Å². The number of carbonyl (C=O) groups excluding carboxylic acids is 3. The van der Waals surface area contributed by atoms with E-state index in [2.05, 4.69) is 4.74 Å². The molecule has 0 radical (unpaired) electrons. The highest BCUT2D eigenvalue weighted by Crippen LogP contribution is 2.26. The number of para-hydroxylation sites is 1. The summed E-state index contributed by atoms with van der Waals surface area (Å²) in [6.07, 6.45) is 10.6. The number of rotatable bonds is 7. The van der Waals surface area contributed by atoms with Crippen LogP contribution >= 0.6 is 0 Å². The topological polar surface area (TPSA) is 77.8 Å². The Labute approximate surface area is 174 Å². The van der Waals surface area contributed by atoms with Gasteiger partial charge in [0, 0.05) is 49.3 Å². The van der Waals surface area contributed by atoms with Crippen LogP contribution in [0.3, 0.4) is 0 Å². The molecule has 7 heteroatoms. The maximum Gasteiger partial charge on any atom is 0.330 e. The van der Waals surface area contributed by atoms with Gasteiger partial charge in [-0.25, -0.2) is 4.79 Å². The largest absolute Gasteiger partial charge is 0.466 e. The van der Waals surface area contributed by atoms with Gasteiger partial charge in [-0.05, 0) is 23.8 Å². The molecule has 30 heavy (non-hydrogen) atoms. The first-order valence-electron chi connectivity index (χ1n) is 9.62. The normalized spacial score (nSPS) is 16.0. The van der Waals surface area contributed by atoms with E-state index in [1.165, 1.54) is 20.1 Å². The maximum absolute atomic E-state index is 13.0. The van der Waals surface area contributed by atoms with Crippen LogP contribution in [0, 0.1) is 5.92 Å². The highest BCUT2D eigenvalue weighted by atomic mass is 16.5. The Hall–Kier alpha value is -3.61. The molecule has 0 bridgehead atoms. The third-order valence-corrected chi connectivity index (χ3v) is 4.78. The van der Waals surface area contributed by atoms with Crippen LogP contribution in [-0.4, -0.2) is 47.6 Å². The lowest BCUT2D eigenvalue weighted by Crippen LogP contribution is -2.24. The Morgan fingerprint density at radius 1 is 1.17 bits per heavy atom. The lowest BCUT2D eigenvalue weighted by Gasteiger charge is -2.25. The molecular formula is C23H24N2O5. The quantitative estimate of drug-likeness (QED) is 0.517. The molecule has 0 saturated carbocycles. The van der Waals surface area contributed by atoms with Crippen molar-refractivity contribution in [3.05, 3.63) is 72.7 Å². The van der Waals surface area contributed by atoms with Crippen molar-refractivity contribution in [2.45, 2.75) is 13.3 Å². The van der Waals surface area contributed by atoms with Crippen molar-refractivity contribution in [3.8, 4) is 0 Å². The first kappa shape index (κ1) is 21.1. The number of benzene rings is 1. The second-order valence-corrected chi connectivity index (χ2v) is 6.85. The molecule has 0 spiro atoms. The molecule has 0 aliphatic carbocycles.